The zero-order valence-corrected chi connectivity index (χ0v) is 27.5. The molecule has 0 N–H and O–H groups in total. The van der Waals surface area contributed by atoms with Gasteiger partial charge in [0.15, 0.2) is 6.17 Å². The molecule has 4 aromatic carbocycles. The molecule has 5 nitrogen and oxygen atoms in total. The fourth-order valence-corrected chi connectivity index (χ4v) is 11.1. The summed E-state index contributed by atoms with van der Waals surface area (Å²) in [7, 11) is -2.16. The minimum Gasteiger partial charge on any atom is -0.456 e. The van der Waals surface area contributed by atoms with Crippen molar-refractivity contribution < 1.29 is 8.81 Å². The summed E-state index contributed by atoms with van der Waals surface area (Å²) in [4.78, 5) is 11.9. The standard InChI is InChI=1S/C41H31FN4OSi/c1-48(2)37-15-8-18-43-41(37)46(34-23-31-30-12-4-6-14-35(30)47-36(31)24-38(34)48)27-10-7-9-25(21-27)39(42)26-16-17-28-29-11-3-5-13-33(29)45-20-19-44-40(45)32(28)22-26/h3-24,28,32,39H,1-2H3. The van der Waals surface area contributed by atoms with Crippen molar-refractivity contribution in [1.82, 2.24) is 14.5 Å². The molecule has 0 saturated heterocycles. The molecule has 232 valence electrons. The molecule has 5 heterocycles. The van der Waals surface area contributed by atoms with Gasteiger partial charge >= 0.3 is 0 Å². The molecule has 0 fully saturated rings. The lowest BCUT2D eigenvalue weighted by molar-refractivity contribution is 0.397. The molecule has 0 amide bonds. The Kier molecular flexibility index (Phi) is 5.73. The summed E-state index contributed by atoms with van der Waals surface area (Å²) in [6, 6.07) is 33.2. The summed E-state index contributed by atoms with van der Waals surface area (Å²) in [5.41, 5.74) is 7.36. The van der Waals surface area contributed by atoms with Gasteiger partial charge in [-0.3, -0.25) is 4.90 Å². The number of pyridine rings is 1. The number of rotatable bonds is 3. The van der Waals surface area contributed by atoms with E-state index in [-0.39, 0.29) is 11.8 Å². The van der Waals surface area contributed by atoms with E-state index in [0.29, 0.717) is 11.1 Å². The quantitative estimate of drug-likeness (QED) is 0.180. The van der Waals surface area contributed by atoms with E-state index in [2.05, 4.69) is 89.3 Å². The van der Waals surface area contributed by atoms with Crippen molar-refractivity contribution in [2.24, 2.45) is 0 Å². The molecule has 48 heavy (non-hydrogen) atoms. The van der Waals surface area contributed by atoms with Gasteiger partial charge in [0.2, 0.25) is 0 Å². The maximum atomic E-state index is 16.8. The predicted octanol–water partition coefficient (Wildman–Crippen LogP) is 9.16. The Balaban J connectivity index is 1.09. The van der Waals surface area contributed by atoms with Crippen molar-refractivity contribution in [3.63, 3.8) is 0 Å². The average Bonchev–Trinajstić information content (AvgIpc) is 3.77. The zero-order chi connectivity index (χ0) is 32.1. The van der Waals surface area contributed by atoms with Gasteiger partial charge in [0.05, 0.1) is 5.69 Å². The number of hydrogen-bond donors (Lipinski definition) is 0. The lowest BCUT2D eigenvalue weighted by atomic mass is 9.77. The fourth-order valence-electron chi connectivity index (χ4n) is 8.20. The van der Waals surface area contributed by atoms with Crippen molar-refractivity contribution in [2.75, 3.05) is 4.90 Å². The molecule has 10 rings (SSSR count). The first kappa shape index (κ1) is 27.6. The van der Waals surface area contributed by atoms with Gasteiger partial charge in [0.1, 0.15) is 30.9 Å². The molecular weight excluding hydrogens is 612 g/mol. The normalized spacial score (nSPS) is 19.2. The molecule has 0 radical (unpaired) electrons. The highest BCUT2D eigenvalue weighted by Crippen LogP contribution is 2.48. The van der Waals surface area contributed by atoms with E-state index in [9.17, 15) is 0 Å². The van der Waals surface area contributed by atoms with Crippen LogP contribution in [-0.4, -0.2) is 22.6 Å². The Morgan fingerprint density at radius 3 is 2.58 bits per heavy atom. The third-order valence-electron chi connectivity index (χ3n) is 10.6. The van der Waals surface area contributed by atoms with Crippen LogP contribution in [0.2, 0.25) is 13.1 Å². The molecule has 0 bridgehead atoms. The zero-order valence-electron chi connectivity index (χ0n) is 26.5. The number of aromatic nitrogens is 3. The van der Waals surface area contributed by atoms with E-state index >= 15 is 4.39 Å². The molecule has 0 saturated carbocycles. The van der Waals surface area contributed by atoms with Crippen molar-refractivity contribution in [1.29, 1.82) is 0 Å². The van der Waals surface area contributed by atoms with Gasteiger partial charge in [-0.25, -0.2) is 14.4 Å². The number of halogens is 1. The maximum Gasteiger partial charge on any atom is 0.150 e. The van der Waals surface area contributed by atoms with Crippen LogP contribution in [0.3, 0.4) is 0 Å². The van der Waals surface area contributed by atoms with Crippen LogP contribution in [0.25, 0.3) is 27.6 Å². The van der Waals surface area contributed by atoms with Crippen LogP contribution in [0, 0.1) is 0 Å². The van der Waals surface area contributed by atoms with E-state index in [1.165, 1.54) is 15.9 Å². The van der Waals surface area contributed by atoms with Crippen molar-refractivity contribution in [2.45, 2.75) is 31.1 Å². The highest BCUT2D eigenvalue weighted by atomic mass is 28.3. The maximum absolute atomic E-state index is 16.8. The van der Waals surface area contributed by atoms with Crippen LogP contribution in [0.1, 0.15) is 35.0 Å². The number of imidazole rings is 1. The molecular formula is C41H31FN4OSi. The smallest absolute Gasteiger partial charge is 0.150 e. The summed E-state index contributed by atoms with van der Waals surface area (Å²) in [6.07, 6.45) is 10.6. The fraction of sp³-hybridized carbons (Fsp3) is 0.122. The average molecular weight is 643 g/mol. The molecule has 7 aromatic rings. The Hall–Kier alpha value is -5.53. The third-order valence-corrected chi connectivity index (χ3v) is 14.1. The van der Waals surface area contributed by atoms with E-state index in [1.807, 2.05) is 67.1 Å². The Morgan fingerprint density at radius 2 is 1.65 bits per heavy atom. The molecule has 3 atom stereocenters. The van der Waals surface area contributed by atoms with Gasteiger partial charge in [-0.2, -0.15) is 0 Å². The number of alkyl halides is 1. The third kappa shape index (κ3) is 3.82. The van der Waals surface area contributed by atoms with Crippen molar-refractivity contribution >= 4 is 57.6 Å². The van der Waals surface area contributed by atoms with Crippen LogP contribution < -0.4 is 15.3 Å². The second-order valence-corrected chi connectivity index (χ2v) is 17.9. The van der Waals surface area contributed by atoms with Gasteiger partial charge in [0, 0.05) is 52.6 Å². The summed E-state index contributed by atoms with van der Waals surface area (Å²) in [6.45, 7) is 4.74. The number of hydrogen-bond acceptors (Lipinski definition) is 4. The molecule has 1 aliphatic carbocycles. The van der Waals surface area contributed by atoms with E-state index in [0.717, 1.165) is 50.6 Å². The number of anilines is 3. The van der Waals surface area contributed by atoms with E-state index in [1.54, 1.807) is 0 Å². The monoisotopic (exact) mass is 642 g/mol. The Labute approximate surface area is 278 Å². The van der Waals surface area contributed by atoms with Gasteiger partial charge < -0.3 is 8.98 Å². The van der Waals surface area contributed by atoms with Gasteiger partial charge in [0.25, 0.3) is 0 Å². The molecule has 3 unspecified atom stereocenters. The highest BCUT2D eigenvalue weighted by molar-refractivity contribution is 7.02. The Bertz CT molecular complexity index is 2510. The Morgan fingerprint density at radius 1 is 0.771 bits per heavy atom. The number of para-hydroxylation sites is 2. The van der Waals surface area contributed by atoms with Gasteiger partial charge in [-0.15, -0.1) is 0 Å². The minimum atomic E-state index is -2.16. The number of fused-ring (bicyclic) bond motifs is 11. The number of furan rings is 1. The minimum absolute atomic E-state index is 0.0410. The second kappa shape index (κ2) is 9.98. The molecule has 2 aliphatic heterocycles. The molecule has 7 heteroatoms. The number of benzene rings is 4. The summed E-state index contributed by atoms with van der Waals surface area (Å²) in [5.74, 6) is 1.93. The lowest BCUT2D eigenvalue weighted by Gasteiger charge is -2.40. The topological polar surface area (TPSA) is 47.1 Å². The first-order chi connectivity index (χ1) is 23.5. The highest BCUT2D eigenvalue weighted by Gasteiger charge is 2.41. The van der Waals surface area contributed by atoms with Crippen molar-refractivity contribution in [3.05, 3.63) is 156 Å². The summed E-state index contributed by atoms with van der Waals surface area (Å²) >= 11 is 0. The van der Waals surface area contributed by atoms with E-state index < -0.39 is 14.2 Å². The van der Waals surface area contributed by atoms with Gasteiger partial charge in [-0.05, 0) is 69.5 Å². The summed E-state index contributed by atoms with van der Waals surface area (Å²) in [5, 5.41) is 4.66. The lowest BCUT2D eigenvalue weighted by Crippen LogP contribution is -2.58. The van der Waals surface area contributed by atoms with Crippen LogP contribution in [-0.2, 0) is 0 Å². The number of allylic oxidation sites excluding steroid dienone is 4. The van der Waals surface area contributed by atoms with Crippen LogP contribution >= 0.6 is 0 Å². The summed E-state index contributed by atoms with van der Waals surface area (Å²) < 4.78 is 25.3. The largest absolute Gasteiger partial charge is 0.456 e. The van der Waals surface area contributed by atoms with Crippen LogP contribution in [0.5, 0.6) is 0 Å². The molecule has 0 spiro atoms. The molecule has 3 aliphatic rings. The molecule has 3 aromatic heterocycles. The van der Waals surface area contributed by atoms with Crippen LogP contribution in [0.4, 0.5) is 21.6 Å². The SMILES string of the molecule is C[Si]1(C)c2cc3oc4ccccc4c3cc2N(c2cccc(C(F)C3=CC4c5nccn5-c5ccccc5C4C=C3)c2)c2ncccc21. The van der Waals surface area contributed by atoms with Crippen molar-refractivity contribution in [3.8, 4) is 5.69 Å². The van der Waals surface area contributed by atoms with Crippen LogP contribution in [0.15, 0.2) is 144 Å². The number of nitrogens with zero attached hydrogens (tertiary/aromatic N) is 4. The second-order valence-electron chi connectivity index (χ2n) is 13.5. The van der Waals surface area contributed by atoms with E-state index in [4.69, 9.17) is 14.4 Å². The predicted molar refractivity (Wildman–Crippen MR) is 193 cm³/mol. The first-order valence-corrected chi connectivity index (χ1v) is 19.5. The first-order valence-electron chi connectivity index (χ1n) is 16.5. The van der Waals surface area contributed by atoms with Gasteiger partial charge in [-0.1, -0.05) is 85.9 Å².